The molecule has 78 valence electrons. The van der Waals surface area contributed by atoms with Crippen molar-refractivity contribution in [3.63, 3.8) is 0 Å². The van der Waals surface area contributed by atoms with Crippen LogP contribution in [0.4, 0.5) is 5.82 Å². The molecule has 0 unspecified atom stereocenters. The van der Waals surface area contributed by atoms with Crippen molar-refractivity contribution in [2.75, 3.05) is 0 Å². The molecule has 1 rings (SSSR count). The summed E-state index contributed by atoms with van der Waals surface area (Å²) in [5.41, 5.74) is 0.588. The number of nitro groups is 1. The Morgan fingerprint density at radius 3 is 2.29 bits per heavy atom. The molecule has 6 nitrogen and oxygen atoms in total. The Morgan fingerprint density at radius 2 is 1.93 bits per heavy atom. The van der Waals surface area contributed by atoms with Gasteiger partial charge >= 0.3 is 5.82 Å². The van der Waals surface area contributed by atoms with Crippen LogP contribution in [0.5, 0.6) is 0 Å². The first-order valence-electron chi connectivity index (χ1n) is 4.54. The monoisotopic (exact) mass is 198 g/mol. The summed E-state index contributed by atoms with van der Waals surface area (Å²) in [5.74, 6) is -0.0819. The van der Waals surface area contributed by atoms with Gasteiger partial charge in [-0.15, -0.1) is 0 Å². The summed E-state index contributed by atoms with van der Waals surface area (Å²) in [6, 6.07) is 0.0913. The van der Waals surface area contributed by atoms with Gasteiger partial charge < -0.3 is 10.1 Å². The summed E-state index contributed by atoms with van der Waals surface area (Å²) in [4.78, 5) is 10.2. The van der Waals surface area contributed by atoms with Gasteiger partial charge in [-0.1, -0.05) is 13.8 Å². The number of hydrogen-bond acceptors (Lipinski definition) is 4. The second-order valence-electron chi connectivity index (χ2n) is 3.75. The number of rotatable bonds is 3. The molecular formula is C8H14N4O2. The highest BCUT2D eigenvalue weighted by atomic mass is 16.6. The average molecular weight is 198 g/mol. The molecule has 1 aromatic heterocycles. The van der Waals surface area contributed by atoms with Gasteiger partial charge in [-0.25, -0.2) is 4.68 Å². The first kappa shape index (κ1) is 10.6. The average Bonchev–Trinajstić information content (AvgIpc) is 2.46. The predicted octanol–water partition coefficient (Wildman–Crippen LogP) is 1.89. The van der Waals surface area contributed by atoms with E-state index >= 15 is 0 Å². The van der Waals surface area contributed by atoms with Gasteiger partial charge in [0.25, 0.3) is 0 Å². The highest BCUT2D eigenvalue weighted by molar-refractivity contribution is 5.27. The smallest absolute Gasteiger partial charge is 0.358 e. The molecule has 0 aliphatic carbocycles. The van der Waals surface area contributed by atoms with Crippen molar-refractivity contribution in [2.24, 2.45) is 0 Å². The molecule has 6 heteroatoms. The van der Waals surface area contributed by atoms with Crippen LogP contribution in [0.15, 0.2) is 0 Å². The van der Waals surface area contributed by atoms with Crippen LogP contribution in [-0.2, 0) is 0 Å². The van der Waals surface area contributed by atoms with Crippen LogP contribution >= 0.6 is 0 Å². The van der Waals surface area contributed by atoms with Crippen molar-refractivity contribution in [1.82, 2.24) is 15.0 Å². The van der Waals surface area contributed by atoms with E-state index < -0.39 is 4.92 Å². The summed E-state index contributed by atoms with van der Waals surface area (Å²) < 4.78 is 1.60. The minimum absolute atomic E-state index is 0.0489. The van der Waals surface area contributed by atoms with Gasteiger partial charge in [-0.2, -0.15) is 0 Å². The van der Waals surface area contributed by atoms with Crippen LogP contribution in [0.1, 0.15) is 45.3 Å². The van der Waals surface area contributed by atoms with E-state index in [1.54, 1.807) is 4.68 Å². The molecular weight excluding hydrogens is 184 g/mol. The number of nitrogens with zero attached hydrogens (tertiary/aromatic N) is 4. The molecule has 0 saturated carbocycles. The lowest BCUT2D eigenvalue weighted by Crippen LogP contribution is -2.09. The molecule has 1 heterocycles. The Morgan fingerprint density at radius 1 is 1.36 bits per heavy atom. The van der Waals surface area contributed by atoms with Gasteiger partial charge in [0.1, 0.15) is 10.8 Å². The summed E-state index contributed by atoms with van der Waals surface area (Å²) in [5, 5.41) is 18.0. The Kier molecular flexibility index (Phi) is 2.83. The van der Waals surface area contributed by atoms with E-state index in [1.807, 2.05) is 27.7 Å². The highest BCUT2D eigenvalue weighted by Crippen LogP contribution is 2.25. The van der Waals surface area contributed by atoms with Crippen molar-refractivity contribution in [2.45, 2.75) is 39.7 Å². The van der Waals surface area contributed by atoms with Crippen molar-refractivity contribution >= 4 is 5.82 Å². The molecule has 0 amide bonds. The normalized spacial score (nSPS) is 11.3. The van der Waals surface area contributed by atoms with E-state index in [9.17, 15) is 10.1 Å². The Bertz CT molecular complexity index is 343. The Balaban J connectivity index is 3.27. The fourth-order valence-corrected chi connectivity index (χ4v) is 1.33. The zero-order chi connectivity index (χ0) is 10.9. The highest BCUT2D eigenvalue weighted by Gasteiger charge is 2.26. The van der Waals surface area contributed by atoms with Crippen LogP contribution in [0.3, 0.4) is 0 Å². The van der Waals surface area contributed by atoms with Crippen LogP contribution in [-0.4, -0.2) is 19.9 Å². The van der Waals surface area contributed by atoms with Gasteiger partial charge in [0, 0.05) is 5.92 Å². The third-order valence-corrected chi connectivity index (χ3v) is 1.92. The third kappa shape index (κ3) is 1.73. The molecule has 0 bridgehead atoms. The third-order valence-electron chi connectivity index (χ3n) is 1.92. The fourth-order valence-electron chi connectivity index (χ4n) is 1.33. The second kappa shape index (κ2) is 3.73. The van der Waals surface area contributed by atoms with Crippen LogP contribution in [0.2, 0.25) is 0 Å². The molecule has 14 heavy (non-hydrogen) atoms. The van der Waals surface area contributed by atoms with E-state index in [4.69, 9.17) is 0 Å². The molecule has 0 radical (unpaired) electrons. The quantitative estimate of drug-likeness (QED) is 0.549. The van der Waals surface area contributed by atoms with Crippen molar-refractivity contribution < 1.29 is 4.92 Å². The van der Waals surface area contributed by atoms with E-state index in [1.165, 1.54) is 0 Å². The summed E-state index contributed by atoms with van der Waals surface area (Å²) in [6.45, 7) is 7.63. The van der Waals surface area contributed by atoms with Gasteiger partial charge in [0.2, 0.25) is 0 Å². The lowest BCUT2D eigenvalue weighted by Gasteiger charge is -2.09. The molecule has 0 aliphatic rings. The number of hydrogen-bond donors (Lipinski definition) is 0. The molecule has 0 aromatic carbocycles. The summed E-state index contributed by atoms with van der Waals surface area (Å²) in [6.07, 6.45) is 0. The second-order valence-corrected chi connectivity index (χ2v) is 3.75. The molecule has 0 atom stereocenters. The van der Waals surface area contributed by atoms with Gasteiger partial charge in [-0.3, -0.25) is 0 Å². The van der Waals surface area contributed by atoms with Crippen LogP contribution < -0.4 is 0 Å². The van der Waals surface area contributed by atoms with Crippen LogP contribution in [0.25, 0.3) is 0 Å². The van der Waals surface area contributed by atoms with Gasteiger partial charge in [0.15, 0.2) is 0 Å². The van der Waals surface area contributed by atoms with E-state index in [-0.39, 0.29) is 17.8 Å². The minimum atomic E-state index is -0.485. The molecule has 0 fully saturated rings. The fraction of sp³-hybridized carbons (Fsp3) is 0.750. The topological polar surface area (TPSA) is 73.8 Å². The van der Waals surface area contributed by atoms with Crippen molar-refractivity contribution in [3.05, 3.63) is 15.8 Å². The SMILES string of the molecule is CC(C)c1c([N+](=O)[O-])nnn1C(C)C. The maximum Gasteiger partial charge on any atom is 0.414 e. The maximum absolute atomic E-state index is 10.7. The maximum atomic E-state index is 10.7. The molecule has 0 saturated heterocycles. The van der Waals surface area contributed by atoms with E-state index in [0.29, 0.717) is 5.69 Å². The van der Waals surface area contributed by atoms with E-state index in [0.717, 1.165) is 0 Å². The standard InChI is InChI=1S/C8H14N4O2/c1-5(2)7-8(12(13)14)9-10-11(7)6(3)4/h5-6H,1-4H3. The van der Waals surface area contributed by atoms with Crippen molar-refractivity contribution in [3.8, 4) is 0 Å². The summed E-state index contributed by atoms with van der Waals surface area (Å²) in [7, 11) is 0. The molecule has 0 N–H and O–H groups in total. The first-order chi connectivity index (χ1) is 6.45. The minimum Gasteiger partial charge on any atom is -0.358 e. The zero-order valence-corrected chi connectivity index (χ0v) is 8.76. The Labute approximate surface area is 82.1 Å². The zero-order valence-electron chi connectivity index (χ0n) is 8.76. The largest absolute Gasteiger partial charge is 0.414 e. The molecule has 0 aliphatic heterocycles. The lowest BCUT2D eigenvalue weighted by atomic mass is 10.1. The molecule has 0 spiro atoms. The number of aromatic nitrogens is 3. The van der Waals surface area contributed by atoms with Gasteiger partial charge in [0.05, 0.1) is 11.3 Å². The molecule has 1 aromatic rings. The van der Waals surface area contributed by atoms with Crippen LogP contribution in [0, 0.1) is 10.1 Å². The Hall–Kier alpha value is -1.46. The summed E-state index contributed by atoms with van der Waals surface area (Å²) >= 11 is 0. The predicted molar refractivity (Wildman–Crippen MR) is 51.2 cm³/mol. The van der Waals surface area contributed by atoms with Gasteiger partial charge in [-0.05, 0) is 18.8 Å². The van der Waals surface area contributed by atoms with Crippen molar-refractivity contribution in [1.29, 1.82) is 0 Å². The lowest BCUT2D eigenvalue weighted by molar-refractivity contribution is -0.390. The van der Waals surface area contributed by atoms with E-state index in [2.05, 4.69) is 10.3 Å². The first-order valence-corrected chi connectivity index (χ1v) is 4.54.